The van der Waals surface area contributed by atoms with Crippen LogP contribution in [0.1, 0.15) is 13.8 Å². The van der Waals surface area contributed by atoms with E-state index in [9.17, 15) is 4.79 Å². The standard InChI is InChI=1S/C19H30N4O2/c1-16(20-19(24)23-12-13-25-17(2)15-23)14-21-8-10-22(11-9-21)18-6-4-3-5-7-18/h3-7,16-17H,8-15H2,1-2H3,(H,20,24). The number of urea groups is 1. The summed E-state index contributed by atoms with van der Waals surface area (Å²) in [5.41, 5.74) is 1.30. The summed E-state index contributed by atoms with van der Waals surface area (Å²) in [5, 5.41) is 3.14. The van der Waals surface area contributed by atoms with Gasteiger partial charge in [-0.2, -0.15) is 0 Å². The number of anilines is 1. The molecule has 1 aromatic rings. The average molecular weight is 346 g/mol. The van der Waals surface area contributed by atoms with Crippen molar-refractivity contribution >= 4 is 11.7 Å². The molecule has 2 atom stereocenters. The highest BCUT2D eigenvalue weighted by molar-refractivity contribution is 5.74. The number of para-hydroxylation sites is 1. The van der Waals surface area contributed by atoms with Crippen molar-refractivity contribution in [1.29, 1.82) is 0 Å². The van der Waals surface area contributed by atoms with E-state index in [2.05, 4.69) is 52.4 Å². The van der Waals surface area contributed by atoms with Crippen LogP contribution in [0.25, 0.3) is 0 Å². The third-order valence-electron chi connectivity index (χ3n) is 4.92. The molecule has 2 saturated heterocycles. The topological polar surface area (TPSA) is 48.0 Å². The molecule has 0 bridgehead atoms. The molecule has 2 heterocycles. The Labute approximate surface area is 150 Å². The van der Waals surface area contributed by atoms with E-state index < -0.39 is 0 Å². The monoisotopic (exact) mass is 346 g/mol. The van der Waals surface area contributed by atoms with E-state index in [0.29, 0.717) is 19.7 Å². The van der Waals surface area contributed by atoms with Gasteiger partial charge in [-0.15, -0.1) is 0 Å². The molecule has 25 heavy (non-hydrogen) atoms. The fourth-order valence-corrected chi connectivity index (χ4v) is 3.57. The van der Waals surface area contributed by atoms with Crippen LogP contribution in [0.4, 0.5) is 10.5 Å². The molecule has 6 heteroatoms. The SMILES string of the molecule is CC(CN1CCN(c2ccccc2)CC1)NC(=O)N1CCOC(C)C1. The van der Waals surface area contributed by atoms with E-state index in [0.717, 1.165) is 32.7 Å². The fourth-order valence-electron chi connectivity index (χ4n) is 3.57. The van der Waals surface area contributed by atoms with Crippen molar-refractivity contribution in [3.05, 3.63) is 30.3 Å². The molecule has 0 aromatic heterocycles. The van der Waals surface area contributed by atoms with Gasteiger partial charge in [0, 0.05) is 57.5 Å². The Morgan fingerprint density at radius 2 is 1.92 bits per heavy atom. The molecule has 2 fully saturated rings. The summed E-state index contributed by atoms with van der Waals surface area (Å²) in [4.78, 5) is 19.1. The Kier molecular flexibility index (Phi) is 6.15. The maximum absolute atomic E-state index is 12.4. The van der Waals surface area contributed by atoms with E-state index in [4.69, 9.17) is 4.74 Å². The van der Waals surface area contributed by atoms with Crippen molar-refractivity contribution in [1.82, 2.24) is 15.1 Å². The van der Waals surface area contributed by atoms with Crippen molar-refractivity contribution in [2.75, 3.05) is 57.3 Å². The number of nitrogens with zero attached hydrogens (tertiary/aromatic N) is 3. The molecule has 0 radical (unpaired) electrons. The zero-order valence-electron chi connectivity index (χ0n) is 15.4. The predicted octanol–water partition coefficient (Wildman–Crippen LogP) is 1.63. The van der Waals surface area contributed by atoms with E-state index in [-0.39, 0.29) is 18.2 Å². The lowest BCUT2D eigenvalue weighted by atomic mass is 10.2. The van der Waals surface area contributed by atoms with Gasteiger partial charge >= 0.3 is 6.03 Å². The van der Waals surface area contributed by atoms with Crippen molar-refractivity contribution in [2.24, 2.45) is 0 Å². The van der Waals surface area contributed by atoms with Gasteiger partial charge in [0.2, 0.25) is 0 Å². The zero-order valence-corrected chi connectivity index (χ0v) is 15.4. The van der Waals surface area contributed by atoms with Crippen molar-refractivity contribution < 1.29 is 9.53 Å². The van der Waals surface area contributed by atoms with Crippen LogP contribution in [-0.2, 0) is 4.74 Å². The van der Waals surface area contributed by atoms with Crippen LogP contribution >= 0.6 is 0 Å². The van der Waals surface area contributed by atoms with Gasteiger partial charge in [0.25, 0.3) is 0 Å². The number of hydrogen-bond acceptors (Lipinski definition) is 4. The summed E-state index contributed by atoms with van der Waals surface area (Å²) in [5.74, 6) is 0. The minimum absolute atomic E-state index is 0.0329. The summed E-state index contributed by atoms with van der Waals surface area (Å²) in [6, 6.07) is 10.8. The average Bonchev–Trinajstić information content (AvgIpc) is 2.63. The number of ether oxygens (including phenoxy) is 1. The number of rotatable bonds is 4. The second kappa shape index (κ2) is 8.54. The van der Waals surface area contributed by atoms with Gasteiger partial charge in [-0.05, 0) is 26.0 Å². The number of morpholine rings is 1. The second-order valence-corrected chi connectivity index (χ2v) is 7.10. The quantitative estimate of drug-likeness (QED) is 0.900. The van der Waals surface area contributed by atoms with Crippen molar-refractivity contribution in [3.8, 4) is 0 Å². The highest BCUT2D eigenvalue weighted by Crippen LogP contribution is 2.15. The third-order valence-corrected chi connectivity index (χ3v) is 4.92. The molecule has 1 aromatic carbocycles. The number of amides is 2. The third kappa shape index (κ3) is 5.09. The Morgan fingerprint density at radius 1 is 1.20 bits per heavy atom. The van der Waals surface area contributed by atoms with Crippen LogP contribution in [0.3, 0.4) is 0 Å². The molecule has 2 aliphatic heterocycles. The van der Waals surface area contributed by atoms with E-state index in [1.165, 1.54) is 5.69 Å². The molecule has 2 aliphatic rings. The molecule has 0 spiro atoms. The van der Waals surface area contributed by atoms with Crippen molar-refractivity contribution in [3.63, 3.8) is 0 Å². The lowest BCUT2D eigenvalue weighted by molar-refractivity contribution is -0.00394. The number of benzene rings is 1. The molecular weight excluding hydrogens is 316 g/mol. The van der Waals surface area contributed by atoms with E-state index >= 15 is 0 Å². The molecule has 0 saturated carbocycles. The Hall–Kier alpha value is -1.79. The number of nitrogens with one attached hydrogen (secondary N) is 1. The molecular formula is C19H30N4O2. The van der Waals surface area contributed by atoms with Crippen LogP contribution < -0.4 is 10.2 Å². The Morgan fingerprint density at radius 3 is 2.60 bits per heavy atom. The first kappa shape index (κ1) is 18.0. The minimum atomic E-state index is 0.0329. The molecule has 1 N–H and O–H groups in total. The first-order chi connectivity index (χ1) is 12.1. The van der Waals surface area contributed by atoms with E-state index in [1.807, 2.05) is 11.8 Å². The summed E-state index contributed by atoms with van der Waals surface area (Å²) in [6.07, 6.45) is 0.126. The van der Waals surface area contributed by atoms with Crippen LogP contribution in [0.5, 0.6) is 0 Å². The first-order valence-electron chi connectivity index (χ1n) is 9.31. The van der Waals surface area contributed by atoms with Crippen LogP contribution in [0.2, 0.25) is 0 Å². The Balaban J connectivity index is 1.40. The second-order valence-electron chi connectivity index (χ2n) is 7.10. The normalized spacial score (nSPS) is 23.4. The number of carbonyl (C=O) groups is 1. The van der Waals surface area contributed by atoms with Crippen molar-refractivity contribution in [2.45, 2.75) is 26.0 Å². The van der Waals surface area contributed by atoms with Gasteiger partial charge in [-0.3, -0.25) is 4.90 Å². The lowest BCUT2D eigenvalue weighted by Gasteiger charge is -2.38. The van der Waals surface area contributed by atoms with Crippen LogP contribution in [-0.4, -0.2) is 80.4 Å². The largest absolute Gasteiger partial charge is 0.375 e. The zero-order chi connectivity index (χ0) is 17.6. The fraction of sp³-hybridized carbons (Fsp3) is 0.632. The first-order valence-corrected chi connectivity index (χ1v) is 9.31. The highest BCUT2D eigenvalue weighted by Gasteiger charge is 2.24. The van der Waals surface area contributed by atoms with Gasteiger partial charge in [-0.1, -0.05) is 18.2 Å². The molecule has 2 unspecified atom stereocenters. The van der Waals surface area contributed by atoms with Gasteiger partial charge in [0.1, 0.15) is 0 Å². The maximum Gasteiger partial charge on any atom is 0.317 e. The number of hydrogen-bond donors (Lipinski definition) is 1. The molecule has 3 rings (SSSR count). The summed E-state index contributed by atoms with van der Waals surface area (Å²) >= 11 is 0. The van der Waals surface area contributed by atoms with Crippen LogP contribution in [0, 0.1) is 0 Å². The molecule has 2 amide bonds. The Bertz CT molecular complexity index is 546. The molecule has 0 aliphatic carbocycles. The summed E-state index contributed by atoms with van der Waals surface area (Å²) < 4.78 is 5.50. The summed E-state index contributed by atoms with van der Waals surface area (Å²) in [7, 11) is 0. The van der Waals surface area contributed by atoms with Gasteiger partial charge in [0.15, 0.2) is 0 Å². The lowest BCUT2D eigenvalue weighted by Crippen LogP contribution is -2.54. The van der Waals surface area contributed by atoms with Gasteiger partial charge in [0.05, 0.1) is 12.7 Å². The number of carbonyl (C=O) groups excluding carboxylic acids is 1. The number of piperazine rings is 1. The molecule has 138 valence electrons. The van der Waals surface area contributed by atoms with Gasteiger partial charge < -0.3 is 19.9 Å². The van der Waals surface area contributed by atoms with E-state index in [1.54, 1.807) is 0 Å². The predicted molar refractivity (Wildman–Crippen MR) is 100 cm³/mol. The maximum atomic E-state index is 12.4. The minimum Gasteiger partial charge on any atom is -0.375 e. The summed E-state index contributed by atoms with van der Waals surface area (Å²) in [6.45, 7) is 11.1. The highest BCUT2D eigenvalue weighted by atomic mass is 16.5. The molecule has 6 nitrogen and oxygen atoms in total. The van der Waals surface area contributed by atoms with Crippen LogP contribution in [0.15, 0.2) is 30.3 Å². The van der Waals surface area contributed by atoms with Gasteiger partial charge in [-0.25, -0.2) is 4.79 Å². The smallest absolute Gasteiger partial charge is 0.317 e.